The first-order valence-corrected chi connectivity index (χ1v) is 12.2. The molecule has 1 saturated heterocycles. The number of sulfonamides is 1. The first kappa shape index (κ1) is 27.9. The standard InChI is InChI=1S/C20H25N3O4S.C2HF3O2/c1-15-8-7-9-17(12-15)28(26,27)22-16-13-18(20(24)25)19(21-14-16)23-10-5-3-2-4-6-11-23;3-2(4,5)1(6)7/h7-9,12-14,22H,2-6,10-11H2,1H3,(H,24,25);(H,6,7). The molecule has 1 aromatic carbocycles. The van der Waals surface area contributed by atoms with Crippen LogP contribution in [0.25, 0.3) is 0 Å². The summed E-state index contributed by atoms with van der Waals surface area (Å²) in [4.78, 5) is 27.1. The van der Waals surface area contributed by atoms with E-state index in [1.54, 1.807) is 25.1 Å². The highest BCUT2D eigenvalue weighted by atomic mass is 32.2. The van der Waals surface area contributed by atoms with Crippen LogP contribution in [0.1, 0.15) is 48.0 Å². The Labute approximate surface area is 200 Å². The fraction of sp³-hybridized carbons (Fsp3) is 0.409. The third-order valence-electron chi connectivity index (χ3n) is 5.05. The van der Waals surface area contributed by atoms with E-state index in [0.717, 1.165) is 44.3 Å². The molecule has 2 heterocycles. The van der Waals surface area contributed by atoms with Crippen LogP contribution in [0.15, 0.2) is 41.4 Å². The van der Waals surface area contributed by atoms with Gasteiger partial charge in [-0.25, -0.2) is 23.0 Å². The zero-order chi connectivity index (χ0) is 26.2. The van der Waals surface area contributed by atoms with E-state index in [2.05, 4.69) is 9.71 Å². The van der Waals surface area contributed by atoms with Gasteiger partial charge in [0.1, 0.15) is 11.4 Å². The Morgan fingerprint density at radius 2 is 1.60 bits per heavy atom. The van der Waals surface area contributed by atoms with E-state index >= 15 is 0 Å². The lowest BCUT2D eigenvalue weighted by Gasteiger charge is -2.27. The van der Waals surface area contributed by atoms with Crippen molar-refractivity contribution in [3.8, 4) is 0 Å². The Morgan fingerprint density at radius 1 is 1.03 bits per heavy atom. The zero-order valence-corrected chi connectivity index (χ0v) is 19.7. The summed E-state index contributed by atoms with van der Waals surface area (Å²) in [5, 5.41) is 16.8. The molecule has 0 radical (unpaired) electrons. The molecular formula is C22H26F3N3O6S. The Kier molecular flexibility index (Phi) is 9.46. The Balaban J connectivity index is 0.000000540. The number of aromatic carboxylic acids is 1. The average molecular weight is 518 g/mol. The van der Waals surface area contributed by atoms with Crippen LogP contribution in [-0.4, -0.2) is 54.8 Å². The van der Waals surface area contributed by atoms with Crippen molar-refractivity contribution in [1.29, 1.82) is 0 Å². The smallest absolute Gasteiger partial charge is 0.478 e. The molecule has 0 amide bonds. The van der Waals surface area contributed by atoms with Gasteiger partial charge in [0.05, 0.1) is 16.8 Å². The summed E-state index contributed by atoms with van der Waals surface area (Å²) in [6, 6.07) is 7.87. The van der Waals surface area contributed by atoms with E-state index in [1.807, 2.05) is 4.90 Å². The summed E-state index contributed by atoms with van der Waals surface area (Å²) < 4.78 is 59.4. The number of hydrogen-bond acceptors (Lipinski definition) is 6. The second kappa shape index (κ2) is 11.9. The van der Waals surface area contributed by atoms with Crippen LogP contribution in [0.3, 0.4) is 0 Å². The topological polar surface area (TPSA) is 137 Å². The number of nitrogens with zero attached hydrogens (tertiary/aromatic N) is 2. The van der Waals surface area contributed by atoms with Crippen molar-refractivity contribution in [2.45, 2.75) is 50.1 Å². The van der Waals surface area contributed by atoms with Gasteiger partial charge in [-0.3, -0.25) is 4.72 Å². The molecule has 0 saturated carbocycles. The number of benzene rings is 1. The SMILES string of the molecule is Cc1cccc(S(=O)(=O)Nc2cnc(N3CCCCCCC3)c(C(=O)O)c2)c1.O=C(O)C(F)(F)F. The maximum atomic E-state index is 12.6. The second-order valence-corrected chi connectivity index (χ2v) is 9.56. The molecule has 192 valence electrons. The van der Waals surface area contributed by atoms with Gasteiger partial charge in [-0.05, 0) is 43.5 Å². The van der Waals surface area contributed by atoms with Gasteiger partial charge in [0.2, 0.25) is 0 Å². The van der Waals surface area contributed by atoms with E-state index < -0.39 is 28.1 Å². The Bertz CT molecular complexity index is 1150. The minimum Gasteiger partial charge on any atom is -0.478 e. The number of hydrogen-bond donors (Lipinski definition) is 3. The molecule has 13 heteroatoms. The summed E-state index contributed by atoms with van der Waals surface area (Å²) >= 11 is 0. The van der Waals surface area contributed by atoms with E-state index in [4.69, 9.17) is 9.90 Å². The summed E-state index contributed by atoms with van der Waals surface area (Å²) in [5.41, 5.74) is 0.958. The lowest BCUT2D eigenvalue weighted by molar-refractivity contribution is -0.192. The molecule has 3 rings (SSSR count). The number of aliphatic carboxylic acids is 1. The van der Waals surface area contributed by atoms with Crippen molar-refractivity contribution in [3.63, 3.8) is 0 Å². The molecule has 0 spiro atoms. The van der Waals surface area contributed by atoms with Crippen LogP contribution < -0.4 is 9.62 Å². The minimum atomic E-state index is -5.08. The number of rotatable bonds is 5. The molecule has 3 N–H and O–H groups in total. The van der Waals surface area contributed by atoms with Crippen LogP contribution in [0.2, 0.25) is 0 Å². The minimum absolute atomic E-state index is 0.00464. The lowest BCUT2D eigenvalue weighted by Crippen LogP contribution is -2.29. The quantitative estimate of drug-likeness (QED) is 0.534. The summed E-state index contributed by atoms with van der Waals surface area (Å²) in [7, 11) is -3.82. The predicted molar refractivity (Wildman–Crippen MR) is 122 cm³/mol. The largest absolute Gasteiger partial charge is 0.490 e. The van der Waals surface area contributed by atoms with Gasteiger partial charge in [-0.15, -0.1) is 0 Å². The number of anilines is 2. The number of aromatic nitrogens is 1. The predicted octanol–water partition coefficient (Wildman–Crippen LogP) is 4.29. The third kappa shape index (κ3) is 8.42. The highest BCUT2D eigenvalue weighted by Crippen LogP contribution is 2.25. The van der Waals surface area contributed by atoms with E-state index in [9.17, 15) is 31.5 Å². The third-order valence-corrected chi connectivity index (χ3v) is 6.43. The molecular weight excluding hydrogens is 491 g/mol. The van der Waals surface area contributed by atoms with Crippen LogP contribution in [0.5, 0.6) is 0 Å². The van der Waals surface area contributed by atoms with Crippen LogP contribution in [0, 0.1) is 6.92 Å². The number of halogens is 3. The van der Waals surface area contributed by atoms with Gasteiger partial charge in [0.15, 0.2) is 0 Å². The molecule has 2 aromatic rings. The molecule has 0 atom stereocenters. The second-order valence-electron chi connectivity index (χ2n) is 7.88. The number of carboxylic acid groups (broad SMARTS) is 2. The number of aryl methyl sites for hydroxylation is 1. The molecule has 35 heavy (non-hydrogen) atoms. The van der Waals surface area contributed by atoms with Gasteiger partial charge in [-0.1, -0.05) is 31.4 Å². The Hall–Kier alpha value is -3.35. The van der Waals surface area contributed by atoms with Crippen LogP contribution in [0.4, 0.5) is 24.7 Å². The fourth-order valence-corrected chi connectivity index (χ4v) is 4.52. The number of alkyl halides is 3. The number of carboxylic acids is 2. The molecule has 0 aliphatic carbocycles. The molecule has 0 bridgehead atoms. The zero-order valence-electron chi connectivity index (χ0n) is 18.9. The molecule has 1 aliphatic rings. The van der Waals surface area contributed by atoms with Crippen molar-refractivity contribution in [3.05, 3.63) is 47.7 Å². The molecule has 1 aromatic heterocycles. The van der Waals surface area contributed by atoms with Crippen molar-refractivity contribution in [2.75, 3.05) is 22.7 Å². The Morgan fingerprint density at radius 3 is 2.11 bits per heavy atom. The highest BCUT2D eigenvalue weighted by molar-refractivity contribution is 7.92. The van der Waals surface area contributed by atoms with E-state index in [-0.39, 0.29) is 16.1 Å². The van der Waals surface area contributed by atoms with Gasteiger partial charge in [-0.2, -0.15) is 13.2 Å². The van der Waals surface area contributed by atoms with Crippen LogP contribution >= 0.6 is 0 Å². The summed E-state index contributed by atoms with van der Waals surface area (Å²) in [6.45, 7) is 3.31. The van der Waals surface area contributed by atoms with Gasteiger partial charge in [0.25, 0.3) is 10.0 Å². The average Bonchev–Trinajstić information content (AvgIpc) is 2.73. The van der Waals surface area contributed by atoms with Crippen molar-refractivity contribution >= 4 is 33.5 Å². The van der Waals surface area contributed by atoms with Crippen LogP contribution in [-0.2, 0) is 14.8 Å². The van der Waals surface area contributed by atoms with E-state index in [0.29, 0.717) is 5.82 Å². The number of carbonyl (C=O) groups is 2. The summed E-state index contributed by atoms with van der Waals surface area (Å²) in [5.74, 6) is -3.48. The first-order chi connectivity index (χ1) is 16.3. The molecule has 9 nitrogen and oxygen atoms in total. The maximum Gasteiger partial charge on any atom is 0.490 e. The number of nitrogens with one attached hydrogen (secondary N) is 1. The van der Waals surface area contributed by atoms with Gasteiger partial charge < -0.3 is 15.1 Å². The van der Waals surface area contributed by atoms with Crippen molar-refractivity contribution in [2.24, 2.45) is 0 Å². The highest BCUT2D eigenvalue weighted by Gasteiger charge is 2.38. The maximum absolute atomic E-state index is 12.6. The van der Waals surface area contributed by atoms with Crippen molar-refractivity contribution < 1.29 is 41.4 Å². The normalized spacial score (nSPS) is 14.7. The molecule has 1 aliphatic heterocycles. The van der Waals surface area contributed by atoms with Gasteiger partial charge >= 0.3 is 18.1 Å². The lowest BCUT2D eigenvalue weighted by atomic mass is 10.1. The summed E-state index contributed by atoms with van der Waals surface area (Å²) in [6.07, 6.45) is 1.71. The fourth-order valence-electron chi connectivity index (χ4n) is 3.38. The molecule has 1 fully saturated rings. The monoisotopic (exact) mass is 517 g/mol. The number of pyridine rings is 1. The van der Waals surface area contributed by atoms with Crippen molar-refractivity contribution in [1.82, 2.24) is 4.98 Å². The van der Waals surface area contributed by atoms with Gasteiger partial charge in [0, 0.05) is 13.1 Å². The molecule has 0 unspecified atom stereocenters. The van der Waals surface area contributed by atoms with E-state index in [1.165, 1.54) is 24.8 Å². The first-order valence-electron chi connectivity index (χ1n) is 10.7.